The first-order chi connectivity index (χ1) is 11.6. The van der Waals surface area contributed by atoms with E-state index in [4.69, 9.17) is 21.1 Å². The zero-order valence-corrected chi connectivity index (χ0v) is 14.4. The van der Waals surface area contributed by atoms with Crippen molar-refractivity contribution >= 4 is 17.5 Å². The Morgan fingerprint density at radius 3 is 2.83 bits per heavy atom. The molecule has 0 radical (unpaired) electrons. The molecule has 2 aromatic rings. The molecule has 0 atom stereocenters. The SMILES string of the molecule is CC(C)N=c1ccccn1C(=O)c1cc(Cl)c2c(c1)OCCCO2. The molecule has 6 heteroatoms. The molecule has 1 aliphatic heterocycles. The molecular weight excluding hydrogens is 328 g/mol. The second kappa shape index (κ2) is 7.09. The smallest absolute Gasteiger partial charge is 0.263 e. The fraction of sp³-hybridized carbons (Fsp3) is 0.333. The molecule has 24 heavy (non-hydrogen) atoms. The lowest BCUT2D eigenvalue weighted by Crippen LogP contribution is -2.28. The number of rotatable bonds is 2. The van der Waals surface area contributed by atoms with E-state index in [-0.39, 0.29) is 11.9 Å². The molecule has 1 aliphatic rings. The monoisotopic (exact) mass is 346 g/mol. The number of aromatic nitrogens is 1. The minimum Gasteiger partial charge on any atom is -0.489 e. The third kappa shape index (κ3) is 3.46. The van der Waals surface area contributed by atoms with E-state index in [1.807, 2.05) is 26.0 Å². The minimum absolute atomic E-state index is 0.0822. The molecule has 3 rings (SSSR count). The van der Waals surface area contributed by atoms with Crippen LogP contribution in [-0.2, 0) is 0 Å². The summed E-state index contributed by atoms with van der Waals surface area (Å²) in [4.78, 5) is 17.4. The molecule has 1 aromatic heterocycles. The largest absolute Gasteiger partial charge is 0.489 e. The molecule has 0 aliphatic carbocycles. The van der Waals surface area contributed by atoms with Crippen LogP contribution in [0.5, 0.6) is 11.5 Å². The maximum Gasteiger partial charge on any atom is 0.263 e. The number of benzene rings is 1. The van der Waals surface area contributed by atoms with E-state index >= 15 is 0 Å². The standard InChI is InChI=1S/C18H19ClN2O3/c1-12(2)20-16-6-3-4-7-21(16)18(22)13-10-14(19)17-15(11-13)23-8-5-9-24-17/h3-4,6-7,10-12H,5,8-9H2,1-2H3. The van der Waals surface area contributed by atoms with Crippen LogP contribution in [0.4, 0.5) is 0 Å². The zero-order valence-electron chi connectivity index (χ0n) is 13.7. The van der Waals surface area contributed by atoms with E-state index < -0.39 is 0 Å². The van der Waals surface area contributed by atoms with Gasteiger partial charge in [-0.1, -0.05) is 17.7 Å². The molecule has 0 fully saturated rings. The summed E-state index contributed by atoms with van der Waals surface area (Å²) in [6.07, 6.45) is 2.47. The summed E-state index contributed by atoms with van der Waals surface area (Å²) >= 11 is 6.29. The van der Waals surface area contributed by atoms with Crippen LogP contribution >= 0.6 is 11.6 Å². The van der Waals surface area contributed by atoms with Crippen LogP contribution in [0.1, 0.15) is 30.6 Å². The summed E-state index contributed by atoms with van der Waals surface area (Å²) in [6, 6.07) is 8.82. The molecule has 0 N–H and O–H groups in total. The molecule has 0 amide bonds. The summed E-state index contributed by atoms with van der Waals surface area (Å²) in [5, 5.41) is 0.372. The fourth-order valence-corrected chi connectivity index (χ4v) is 2.73. The predicted molar refractivity (Wildman–Crippen MR) is 91.9 cm³/mol. The van der Waals surface area contributed by atoms with Gasteiger partial charge >= 0.3 is 0 Å². The predicted octanol–water partition coefficient (Wildman–Crippen LogP) is 3.30. The Labute approximate surface area is 145 Å². The van der Waals surface area contributed by atoms with Gasteiger partial charge in [0.2, 0.25) is 0 Å². The van der Waals surface area contributed by atoms with Gasteiger partial charge < -0.3 is 9.47 Å². The Morgan fingerprint density at radius 1 is 1.25 bits per heavy atom. The van der Waals surface area contributed by atoms with E-state index in [9.17, 15) is 4.79 Å². The third-order valence-electron chi connectivity index (χ3n) is 3.50. The van der Waals surface area contributed by atoms with Gasteiger partial charge in [-0.2, -0.15) is 0 Å². The molecule has 2 heterocycles. The molecule has 0 saturated heterocycles. The van der Waals surface area contributed by atoms with Crippen molar-refractivity contribution in [2.45, 2.75) is 26.3 Å². The number of hydrogen-bond acceptors (Lipinski definition) is 4. The number of halogens is 1. The second-order valence-electron chi connectivity index (χ2n) is 5.79. The Bertz CT molecular complexity index is 827. The number of carbonyl (C=O) groups is 1. The number of fused-ring (bicyclic) bond motifs is 1. The van der Waals surface area contributed by atoms with Crippen molar-refractivity contribution < 1.29 is 14.3 Å². The molecule has 1 aromatic carbocycles. The Morgan fingerprint density at radius 2 is 2.04 bits per heavy atom. The lowest BCUT2D eigenvalue weighted by atomic mass is 10.2. The molecular formula is C18H19ClN2O3. The summed E-state index contributed by atoms with van der Waals surface area (Å²) in [7, 11) is 0. The van der Waals surface area contributed by atoms with Crippen molar-refractivity contribution in [1.82, 2.24) is 4.57 Å². The fourth-order valence-electron chi connectivity index (χ4n) is 2.47. The summed E-state index contributed by atoms with van der Waals surface area (Å²) in [5.74, 6) is 0.783. The first-order valence-corrected chi connectivity index (χ1v) is 8.29. The van der Waals surface area contributed by atoms with Gasteiger partial charge in [-0.15, -0.1) is 0 Å². The van der Waals surface area contributed by atoms with Crippen molar-refractivity contribution in [2.24, 2.45) is 4.99 Å². The van der Waals surface area contributed by atoms with Gasteiger partial charge in [0, 0.05) is 24.2 Å². The molecule has 0 unspecified atom stereocenters. The lowest BCUT2D eigenvalue weighted by molar-refractivity contribution is 0.0954. The van der Waals surface area contributed by atoms with Crippen LogP contribution in [0.2, 0.25) is 5.02 Å². The van der Waals surface area contributed by atoms with Gasteiger partial charge in [-0.05, 0) is 38.1 Å². The number of ether oxygens (including phenoxy) is 2. The highest BCUT2D eigenvalue weighted by molar-refractivity contribution is 6.32. The molecule has 5 nitrogen and oxygen atoms in total. The van der Waals surface area contributed by atoms with Crippen LogP contribution in [0, 0.1) is 0 Å². The maximum atomic E-state index is 12.9. The molecule has 0 saturated carbocycles. The first kappa shape index (κ1) is 16.6. The Hall–Kier alpha value is -2.27. The topological polar surface area (TPSA) is 52.8 Å². The molecule has 126 valence electrons. The number of pyridine rings is 1. The van der Waals surface area contributed by atoms with Crippen molar-refractivity contribution in [1.29, 1.82) is 0 Å². The quantitative estimate of drug-likeness (QED) is 0.838. The van der Waals surface area contributed by atoms with E-state index in [0.29, 0.717) is 40.8 Å². The van der Waals surface area contributed by atoms with Crippen LogP contribution in [0.15, 0.2) is 41.5 Å². The van der Waals surface area contributed by atoms with Gasteiger partial charge in [0.25, 0.3) is 5.91 Å². The van der Waals surface area contributed by atoms with Gasteiger partial charge in [0.05, 0.1) is 18.2 Å². The van der Waals surface area contributed by atoms with Gasteiger partial charge in [0.1, 0.15) is 5.49 Å². The van der Waals surface area contributed by atoms with Crippen LogP contribution < -0.4 is 15.0 Å². The van der Waals surface area contributed by atoms with E-state index in [2.05, 4.69) is 4.99 Å². The minimum atomic E-state index is -0.215. The Kier molecular flexibility index (Phi) is 4.90. The van der Waals surface area contributed by atoms with Crippen molar-refractivity contribution in [3.63, 3.8) is 0 Å². The van der Waals surface area contributed by atoms with Crippen molar-refractivity contribution in [3.05, 3.63) is 52.6 Å². The van der Waals surface area contributed by atoms with E-state index in [1.54, 1.807) is 24.4 Å². The normalized spacial score (nSPS) is 14.6. The average Bonchev–Trinajstić information content (AvgIpc) is 2.80. The van der Waals surface area contributed by atoms with Crippen molar-refractivity contribution in [3.8, 4) is 11.5 Å². The zero-order chi connectivity index (χ0) is 17.1. The summed E-state index contributed by atoms with van der Waals surface area (Å²) < 4.78 is 12.8. The van der Waals surface area contributed by atoms with Crippen LogP contribution in [0.25, 0.3) is 0 Å². The summed E-state index contributed by atoms with van der Waals surface area (Å²) in [5.41, 5.74) is 1.03. The summed E-state index contributed by atoms with van der Waals surface area (Å²) in [6.45, 7) is 5.01. The van der Waals surface area contributed by atoms with Crippen LogP contribution in [-0.4, -0.2) is 29.7 Å². The first-order valence-electron chi connectivity index (χ1n) is 7.91. The van der Waals surface area contributed by atoms with E-state index in [1.165, 1.54) is 4.57 Å². The number of carbonyl (C=O) groups excluding carboxylic acids is 1. The molecule has 0 bridgehead atoms. The number of hydrogen-bond donors (Lipinski definition) is 0. The van der Waals surface area contributed by atoms with Gasteiger partial charge in [-0.25, -0.2) is 0 Å². The van der Waals surface area contributed by atoms with Gasteiger partial charge in [-0.3, -0.25) is 14.4 Å². The maximum absolute atomic E-state index is 12.9. The third-order valence-corrected chi connectivity index (χ3v) is 3.78. The Balaban J connectivity index is 2.06. The highest BCUT2D eigenvalue weighted by atomic mass is 35.5. The highest BCUT2D eigenvalue weighted by Crippen LogP contribution is 2.38. The number of nitrogens with zero attached hydrogens (tertiary/aromatic N) is 2. The highest BCUT2D eigenvalue weighted by Gasteiger charge is 2.19. The lowest BCUT2D eigenvalue weighted by Gasteiger charge is -2.12. The van der Waals surface area contributed by atoms with Gasteiger partial charge in [0.15, 0.2) is 11.5 Å². The average molecular weight is 347 g/mol. The van der Waals surface area contributed by atoms with E-state index in [0.717, 1.165) is 6.42 Å². The van der Waals surface area contributed by atoms with Crippen LogP contribution in [0.3, 0.4) is 0 Å². The molecule has 0 spiro atoms. The second-order valence-corrected chi connectivity index (χ2v) is 6.20. The van der Waals surface area contributed by atoms with Crippen molar-refractivity contribution in [2.75, 3.05) is 13.2 Å².